The molecule has 0 spiro atoms. The van der Waals surface area contributed by atoms with Crippen molar-refractivity contribution >= 4 is 16.3 Å². The summed E-state index contributed by atoms with van der Waals surface area (Å²) in [6.07, 6.45) is -0.938. The molecule has 1 rings (SSSR count). The first-order valence-corrected chi connectivity index (χ1v) is 6.99. The third kappa shape index (κ3) is 4.16. The normalized spacial score (nSPS) is 24.6. The van der Waals surface area contributed by atoms with Gasteiger partial charge in [0.2, 0.25) is 0 Å². The topological polar surface area (TPSA) is 75.5 Å². The Labute approximate surface area is 102 Å². The Morgan fingerprint density at radius 1 is 1.41 bits per heavy atom. The van der Waals surface area contributed by atoms with Crippen LogP contribution in [-0.4, -0.2) is 37.0 Å². The van der Waals surface area contributed by atoms with Gasteiger partial charge < -0.3 is 4.74 Å². The van der Waals surface area contributed by atoms with E-state index < -0.39 is 21.9 Å². The number of hydrogen-bond acceptors (Lipinski definition) is 4. The van der Waals surface area contributed by atoms with Crippen LogP contribution >= 0.6 is 0 Å². The summed E-state index contributed by atoms with van der Waals surface area (Å²) in [7, 11) is -3.74. The summed E-state index contributed by atoms with van der Waals surface area (Å²) in [6.45, 7) is 9.35. The van der Waals surface area contributed by atoms with Crippen LogP contribution in [0.1, 0.15) is 34.6 Å². The standard InChI is InChI=1S/C10H20N2O4S/c1-7(2)8-6-12(8)17(14,15)11-9(13)16-10(3,4)5/h7-8H,6H2,1-5H3,(H,11,13)/t8-,12?/m0/s1. The average Bonchev–Trinajstić information content (AvgIpc) is 2.75. The molecule has 1 saturated heterocycles. The van der Waals surface area contributed by atoms with Gasteiger partial charge in [0.25, 0.3) is 0 Å². The van der Waals surface area contributed by atoms with Crippen molar-refractivity contribution in [1.29, 1.82) is 0 Å². The summed E-state index contributed by atoms with van der Waals surface area (Å²) in [6, 6.07) is -0.0186. The van der Waals surface area contributed by atoms with Gasteiger partial charge in [-0.1, -0.05) is 13.8 Å². The minimum atomic E-state index is -3.74. The Morgan fingerprint density at radius 3 is 2.29 bits per heavy atom. The lowest BCUT2D eigenvalue weighted by atomic mass is 10.1. The molecule has 2 atom stereocenters. The molecule has 0 saturated carbocycles. The van der Waals surface area contributed by atoms with Gasteiger partial charge in [0.1, 0.15) is 5.60 Å². The lowest BCUT2D eigenvalue weighted by molar-refractivity contribution is 0.0568. The number of ether oxygens (including phenoxy) is 1. The van der Waals surface area contributed by atoms with Crippen molar-refractivity contribution in [3.63, 3.8) is 0 Å². The van der Waals surface area contributed by atoms with E-state index in [0.717, 1.165) is 0 Å². The largest absolute Gasteiger partial charge is 0.443 e. The monoisotopic (exact) mass is 264 g/mol. The number of amides is 1. The molecule has 1 heterocycles. The molecule has 1 N–H and O–H groups in total. The number of carbonyl (C=O) groups is 1. The molecule has 17 heavy (non-hydrogen) atoms. The fourth-order valence-corrected chi connectivity index (χ4v) is 2.74. The van der Waals surface area contributed by atoms with Gasteiger partial charge in [0, 0.05) is 12.6 Å². The quantitative estimate of drug-likeness (QED) is 0.774. The second-order valence-electron chi connectivity index (χ2n) is 5.49. The molecule has 6 nitrogen and oxygen atoms in total. The molecule has 1 aliphatic heterocycles. The Hall–Kier alpha value is -0.820. The predicted octanol–water partition coefficient (Wildman–Crippen LogP) is 1.10. The van der Waals surface area contributed by atoms with Crippen LogP contribution in [-0.2, 0) is 14.9 Å². The molecule has 1 amide bonds. The molecule has 1 fully saturated rings. The smallest absolute Gasteiger partial charge is 0.422 e. The highest BCUT2D eigenvalue weighted by Gasteiger charge is 2.46. The maximum atomic E-state index is 11.7. The molecule has 0 radical (unpaired) electrons. The number of carbonyl (C=O) groups excluding carboxylic acids is 1. The molecule has 0 aromatic carbocycles. The van der Waals surface area contributed by atoms with E-state index in [2.05, 4.69) is 0 Å². The number of nitrogens with one attached hydrogen (secondary N) is 1. The van der Waals surface area contributed by atoms with Crippen LogP contribution in [0.25, 0.3) is 0 Å². The van der Waals surface area contributed by atoms with Crippen LogP contribution in [0.4, 0.5) is 4.79 Å². The first-order valence-electron chi connectivity index (χ1n) is 5.55. The zero-order valence-electron chi connectivity index (χ0n) is 10.9. The van der Waals surface area contributed by atoms with Crippen LogP contribution < -0.4 is 4.72 Å². The molecular weight excluding hydrogens is 244 g/mol. The maximum Gasteiger partial charge on any atom is 0.422 e. The third-order valence-corrected chi connectivity index (χ3v) is 3.75. The summed E-state index contributed by atoms with van der Waals surface area (Å²) >= 11 is 0. The van der Waals surface area contributed by atoms with Crippen molar-refractivity contribution in [3.8, 4) is 0 Å². The fourth-order valence-electron chi connectivity index (χ4n) is 1.42. The van der Waals surface area contributed by atoms with Crippen LogP contribution in [0, 0.1) is 5.92 Å². The Morgan fingerprint density at radius 2 is 1.94 bits per heavy atom. The van der Waals surface area contributed by atoms with Gasteiger partial charge in [-0.2, -0.15) is 12.7 Å². The highest BCUT2D eigenvalue weighted by atomic mass is 32.2. The molecule has 1 aliphatic rings. The first-order chi connectivity index (χ1) is 7.53. The molecule has 0 aromatic heterocycles. The Balaban J connectivity index is 2.55. The van der Waals surface area contributed by atoms with E-state index >= 15 is 0 Å². The number of rotatable bonds is 3. The van der Waals surface area contributed by atoms with Crippen molar-refractivity contribution in [1.82, 2.24) is 9.03 Å². The number of hydrogen-bond donors (Lipinski definition) is 1. The zero-order valence-corrected chi connectivity index (χ0v) is 11.7. The Bertz CT molecular complexity index is 397. The van der Waals surface area contributed by atoms with Gasteiger partial charge in [0.05, 0.1) is 0 Å². The van der Waals surface area contributed by atoms with Gasteiger partial charge in [-0.25, -0.2) is 9.52 Å². The molecule has 0 aliphatic carbocycles. The van der Waals surface area contributed by atoms with E-state index in [1.807, 2.05) is 18.6 Å². The molecule has 100 valence electrons. The predicted molar refractivity (Wildman–Crippen MR) is 63.6 cm³/mol. The van der Waals surface area contributed by atoms with Crippen molar-refractivity contribution < 1.29 is 17.9 Å². The van der Waals surface area contributed by atoms with Crippen LogP contribution in [0.5, 0.6) is 0 Å². The lowest BCUT2D eigenvalue weighted by Crippen LogP contribution is -2.40. The van der Waals surface area contributed by atoms with E-state index in [-0.39, 0.29) is 12.0 Å². The van der Waals surface area contributed by atoms with Crippen LogP contribution in [0.2, 0.25) is 0 Å². The molecule has 0 bridgehead atoms. The average molecular weight is 264 g/mol. The lowest BCUT2D eigenvalue weighted by Gasteiger charge is -2.19. The van der Waals surface area contributed by atoms with Gasteiger partial charge in [-0.15, -0.1) is 0 Å². The first kappa shape index (κ1) is 14.2. The van der Waals surface area contributed by atoms with E-state index in [0.29, 0.717) is 6.54 Å². The second-order valence-corrected chi connectivity index (χ2v) is 7.11. The van der Waals surface area contributed by atoms with Crippen molar-refractivity contribution in [2.24, 2.45) is 5.92 Å². The molecular formula is C10H20N2O4S. The number of nitrogens with zero attached hydrogens (tertiary/aromatic N) is 1. The van der Waals surface area contributed by atoms with Crippen molar-refractivity contribution in [2.75, 3.05) is 6.54 Å². The van der Waals surface area contributed by atoms with Crippen molar-refractivity contribution in [3.05, 3.63) is 0 Å². The molecule has 1 unspecified atom stereocenters. The summed E-state index contributed by atoms with van der Waals surface area (Å²) in [5, 5.41) is 0. The summed E-state index contributed by atoms with van der Waals surface area (Å²) < 4.78 is 31.5. The molecule has 0 aromatic rings. The third-order valence-electron chi connectivity index (χ3n) is 2.29. The minimum absolute atomic E-state index is 0.0186. The Kier molecular flexibility index (Phi) is 3.73. The highest BCUT2D eigenvalue weighted by Crippen LogP contribution is 2.28. The SMILES string of the molecule is CC(C)[C@@H]1CN1S(=O)(=O)NC(=O)OC(C)(C)C. The minimum Gasteiger partial charge on any atom is -0.443 e. The summed E-state index contributed by atoms with van der Waals surface area (Å²) in [5.41, 5.74) is -0.712. The second kappa shape index (κ2) is 4.45. The van der Waals surface area contributed by atoms with E-state index in [4.69, 9.17) is 4.74 Å². The zero-order chi connectivity index (χ0) is 13.4. The van der Waals surface area contributed by atoms with Gasteiger partial charge in [0.15, 0.2) is 0 Å². The highest BCUT2D eigenvalue weighted by molar-refractivity contribution is 7.88. The van der Waals surface area contributed by atoms with Gasteiger partial charge in [-0.05, 0) is 26.7 Å². The summed E-state index contributed by atoms with van der Waals surface area (Å²) in [4.78, 5) is 11.3. The van der Waals surface area contributed by atoms with Gasteiger partial charge in [-0.3, -0.25) is 0 Å². The van der Waals surface area contributed by atoms with E-state index in [1.165, 1.54) is 4.31 Å². The van der Waals surface area contributed by atoms with Crippen LogP contribution in [0.15, 0.2) is 0 Å². The van der Waals surface area contributed by atoms with Gasteiger partial charge >= 0.3 is 16.3 Å². The van der Waals surface area contributed by atoms with E-state index in [9.17, 15) is 13.2 Å². The van der Waals surface area contributed by atoms with Crippen LogP contribution in [0.3, 0.4) is 0 Å². The molecule has 7 heteroatoms. The fraction of sp³-hybridized carbons (Fsp3) is 0.900. The maximum absolute atomic E-state index is 11.7. The van der Waals surface area contributed by atoms with E-state index in [1.54, 1.807) is 20.8 Å². The van der Waals surface area contributed by atoms with Crippen molar-refractivity contribution in [2.45, 2.75) is 46.3 Å². The summed E-state index contributed by atoms with van der Waals surface area (Å²) in [5.74, 6) is 0.241.